The number of carboxylic acids is 1. The number of aliphatic carboxylic acids is 1. The third kappa shape index (κ3) is 6.24. The summed E-state index contributed by atoms with van der Waals surface area (Å²) in [5.74, 6) is -4.43. The van der Waals surface area contributed by atoms with E-state index in [0.717, 1.165) is 22.5 Å². The molecule has 0 bridgehead atoms. The van der Waals surface area contributed by atoms with Gasteiger partial charge >= 0.3 is 16.3 Å². The highest BCUT2D eigenvalue weighted by atomic mass is 32.2. The highest BCUT2D eigenvalue weighted by Gasteiger charge is 2.54. The number of thiazole rings is 1. The molecule has 1 amide bonds. The van der Waals surface area contributed by atoms with E-state index in [1.165, 1.54) is 25.4 Å². The fourth-order valence-electron chi connectivity index (χ4n) is 3.22. The Morgan fingerprint density at radius 2 is 2.08 bits per heavy atom. The maximum absolute atomic E-state index is 13.2. The number of hydrogen-bond donors (Lipinski definition) is 4. The third-order valence-corrected chi connectivity index (χ3v) is 6.78. The van der Waals surface area contributed by atoms with Crippen LogP contribution in [0.25, 0.3) is 0 Å². The van der Waals surface area contributed by atoms with Gasteiger partial charge in [-0.1, -0.05) is 5.16 Å². The van der Waals surface area contributed by atoms with E-state index in [2.05, 4.69) is 25.3 Å². The van der Waals surface area contributed by atoms with Crippen LogP contribution in [0.4, 0.5) is 5.13 Å². The first kappa shape index (κ1) is 27.6. The number of nitrogens with two attached hydrogens (primary N) is 2. The Balaban J connectivity index is 1.87. The van der Waals surface area contributed by atoms with Gasteiger partial charge in [0.05, 0.1) is 37.6 Å². The first-order valence-corrected chi connectivity index (χ1v) is 12.7. The minimum absolute atomic E-state index is 0.0255. The fourth-order valence-corrected chi connectivity index (χ4v) is 4.69. The number of aromatic nitrogens is 4. The minimum atomic E-state index is -4.95. The Morgan fingerprint density at radius 3 is 2.65 bits per heavy atom. The van der Waals surface area contributed by atoms with Crippen LogP contribution < -0.4 is 11.5 Å². The Bertz CT molecular complexity index is 1360. The van der Waals surface area contributed by atoms with Crippen LogP contribution in [0, 0.1) is 5.92 Å². The molecule has 2 aromatic heterocycles. The first-order chi connectivity index (χ1) is 17.2. The second-order valence-corrected chi connectivity index (χ2v) is 10.4. The third-order valence-electron chi connectivity index (χ3n) is 5.16. The summed E-state index contributed by atoms with van der Waals surface area (Å²) >= 11 is 0.980. The van der Waals surface area contributed by atoms with Gasteiger partial charge in [0.1, 0.15) is 11.4 Å². The van der Waals surface area contributed by atoms with Crippen LogP contribution in [-0.4, -0.2) is 83.7 Å². The number of carbonyl (C=O) groups is 3. The van der Waals surface area contributed by atoms with Crippen molar-refractivity contribution in [3.63, 3.8) is 0 Å². The summed E-state index contributed by atoms with van der Waals surface area (Å²) in [6.07, 6.45) is 1.85. The zero-order valence-electron chi connectivity index (χ0n) is 19.5. The molecule has 0 radical (unpaired) electrons. The van der Waals surface area contributed by atoms with Crippen molar-refractivity contribution in [1.29, 1.82) is 0 Å². The largest absolute Gasteiger partial charge is 0.478 e. The number of anilines is 1. The minimum Gasteiger partial charge on any atom is -0.478 e. The number of Topliss-reactive ketones (excluding diaryl/α,β-unsaturated/α-hetero) is 1. The number of nitrogen functional groups attached to an aromatic ring is 1. The first-order valence-electron chi connectivity index (χ1n) is 10.4. The van der Waals surface area contributed by atoms with E-state index in [9.17, 15) is 32.5 Å². The monoisotopic (exact) mass is 557 g/mol. The molecule has 19 heteroatoms. The van der Waals surface area contributed by atoms with Crippen LogP contribution in [-0.2, 0) is 42.6 Å². The molecule has 1 fully saturated rings. The maximum atomic E-state index is 13.2. The topological polar surface area (TPSA) is 259 Å². The van der Waals surface area contributed by atoms with E-state index >= 15 is 0 Å². The highest BCUT2D eigenvalue weighted by Crippen LogP contribution is 2.33. The summed E-state index contributed by atoms with van der Waals surface area (Å²) < 4.78 is 33.4. The van der Waals surface area contributed by atoms with E-state index < -0.39 is 57.7 Å². The van der Waals surface area contributed by atoms with Crippen molar-refractivity contribution in [2.45, 2.75) is 45.0 Å². The average molecular weight is 558 g/mol. The highest BCUT2D eigenvalue weighted by molar-refractivity contribution is 7.84. The van der Waals surface area contributed by atoms with Crippen LogP contribution >= 0.6 is 11.3 Å². The lowest BCUT2D eigenvalue weighted by atomic mass is 9.84. The van der Waals surface area contributed by atoms with E-state index in [-0.39, 0.29) is 28.2 Å². The lowest BCUT2D eigenvalue weighted by Crippen LogP contribution is -2.64. The number of ketones is 1. The van der Waals surface area contributed by atoms with E-state index in [1.54, 1.807) is 0 Å². The quantitative estimate of drug-likeness (QED) is 0.0776. The van der Waals surface area contributed by atoms with E-state index in [0.29, 0.717) is 5.69 Å². The molecule has 17 nitrogen and oxygen atoms in total. The molecule has 0 aliphatic carbocycles. The molecule has 2 aromatic rings. The molecule has 3 heterocycles. The number of nitrogens with zero attached hydrogens (tertiary/aromatic N) is 7. The molecule has 1 aliphatic heterocycles. The van der Waals surface area contributed by atoms with Crippen molar-refractivity contribution in [3.8, 4) is 0 Å². The van der Waals surface area contributed by atoms with Crippen molar-refractivity contribution in [1.82, 2.24) is 24.3 Å². The molecule has 3 rings (SSSR count). The van der Waals surface area contributed by atoms with Gasteiger partial charge in [-0.25, -0.2) is 14.1 Å². The van der Waals surface area contributed by atoms with Gasteiger partial charge in [-0.2, -0.15) is 23.4 Å². The number of hydrogen-bond acceptors (Lipinski definition) is 13. The summed E-state index contributed by atoms with van der Waals surface area (Å²) in [5, 5.41) is 22.5. The van der Waals surface area contributed by atoms with Gasteiger partial charge in [0.15, 0.2) is 16.6 Å². The van der Waals surface area contributed by atoms with Crippen molar-refractivity contribution >= 4 is 56.5 Å². The standard InChI is InChI=1S/C18H23N9O8S2/c1-18(2,16(30)31)35-25-14(11-7-36-17(20)23-11)13(28)3-10-12(27(15(10)29)37(32,33)34)6-26-22-5-9(24-26)4-21-8-19/h5,7-8,10,12H,3-4,6H2,1-2H3,(H2,19,21)(H2,20,23)(H,30,31)(H,32,33,34)/b25-14-/t10-,12+/m0/s1. The normalized spacial score (nSPS) is 18.7. The van der Waals surface area contributed by atoms with Gasteiger partial charge in [-0.05, 0) is 13.8 Å². The molecule has 200 valence electrons. The number of oxime groups is 1. The summed E-state index contributed by atoms with van der Waals surface area (Å²) in [6.45, 7) is 2.23. The fraction of sp³-hybridized carbons (Fsp3) is 0.444. The Labute approximate surface area is 213 Å². The van der Waals surface area contributed by atoms with Crippen LogP contribution in [0.2, 0.25) is 0 Å². The zero-order chi connectivity index (χ0) is 27.5. The summed E-state index contributed by atoms with van der Waals surface area (Å²) in [5.41, 5.74) is 8.97. The van der Waals surface area contributed by atoms with E-state index in [1.807, 2.05) is 0 Å². The predicted molar refractivity (Wildman–Crippen MR) is 128 cm³/mol. The van der Waals surface area contributed by atoms with Crippen molar-refractivity contribution in [2.24, 2.45) is 21.8 Å². The zero-order valence-corrected chi connectivity index (χ0v) is 21.1. The summed E-state index contributed by atoms with van der Waals surface area (Å²) in [6, 6.07) is -1.22. The molecule has 6 N–H and O–H groups in total. The van der Waals surface area contributed by atoms with Crippen LogP contribution in [0.1, 0.15) is 31.7 Å². The molecule has 0 aromatic carbocycles. The van der Waals surface area contributed by atoms with Crippen molar-refractivity contribution < 1.29 is 37.3 Å². The number of aliphatic imine (C=N–C) groups is 1. The Kier molecular flexibility index (Phi) is 7.88. The molecule has 0 spiro atoms. The molecule has 0 saturated carbocycles. The van der Waals surface area contributed by atoms with Crippen LogP contribution in [0.3, 0.4) is 0 Å². The van der Waals surface area contributed by atoms with Crippen molar-refractivity contribution in [3.05, 3.63) is 23.0 Å². The van der Waals surface area contributed by atoms with Crippen LogP contribution in [0.15, 0.2) is 21.7 Å². The molecular weight excluding hydrogens is 534 g/mol. The second kappa shape index (κ2) is 10.6. The van der Waals surface area contributed by atoms with Gasteiger partial charge in [-0.3, -0.25) is 19.1 Å². The maximum Gasteiger partial charge on any atom is 0.362 e. The number of rotatable bonds is 12. The van der Waals surface area contributed by atoms with Gasteiger partial charge in [-0.15, -0.1) is 11.3 Å². The molecular formula is C18H23N9O8S2. The molecule has 2 atom stereocenters. The smallest absolute Gasteiger partial charge is 0.362 e. The van der Waals surface area contributed by atoms with Gasteiger partial charge < -0.3 is 21.4 Å². The second-order valence-electron chi connectivity index (χ2n) is 8.21. The number of carbonyl (C=O) groups excluding carboxylic acids is 2. The predicted octanol–water partition coefficient (Wildman–Crippen LogP) is -1.32. The van der Waals surface area contributed by atoms with Crippen molar-refractivity contribution in [2.75, 3.05) is 5.73 Å². The summed E-state index contributed by atoms with van der Waals surface area (Å²) in [4.78, 5) is 51.1. The average Bonchev–Trinajstić information content (AvgIpc) is 3.43. The number of β-lactam (4-membered cyclic amide) rings is 1. The molecule has 37 heavy (non-hydrogen) atoms. The number of amides is 1. The van der Waals surface area contributed by atoms with Gasteiger partial charge in [0.25, 0.3) is 0 Å². The lowest BCUT2D eigenvalue weighted by molar-refractivity contribution is -0.161. The van der Waals surface area contributed by atoms with Crippen LogP contribution in [0.5, 0.6) is 0 Å². The van der Waals surface area contributed by atoms with Gasteiger partial charge in [0, 0.05) is 11.8 Å². The Morgan fingerprint density at radius 1 is 1.38 bits per heavy atom. The van der Waals surface area contributed by atoms with E-state index in [4.69, 9.17) is 16.3 Å². The summed E-state index contributed by atoms with van der Waals surface area (Å²) in [7, 11) is -4.95. The lowest BCUT2D eigenvalue weighted by Gasteiger charge is -2.43. The number of carboxylic acid groups (broad SMARTS) is 1. The molecule has 0 unspecified atom stereocenters. The molecule has 1 saturated heterocycles. The van der Waals surface area contributed by atoms with Gasteiger partial charge in [0.2, 0.25) is 11.5 Å². The Hall–Kier alpha value is -3.97. The SMILES string of the molecule is CC(C)(O/N=C(\C(=O)C[C@@H]1C(=O)N(S(=O)(=O)O)[C@@H]1Cn1ncc(CN=CN)n1)c1csc(N)n1)C(=O)O. The molecule has 1 aliphatic rings.